The highest BCUT2D eigenvalue weighted by Gasteiger charge is 2.24. The molecule has 0 bridgehead atoms. The van der Waals surface area contributed by atoms with E-state index in [2.05, 4.69) is 108 Å². The maximum atomic E-state index is 6.68. The average molecular weight is 665 g/mol. The van der Waals surface area contributed by atoms with E-state index in [1.807, 2.05) is 66.7 Å². The van der Waals surface area contributed by atoms with Gasteiger partial charge in [-0.2, -0.15) is 0 Å². The van der Waals surface area contributed by atoms with E-state index in [-0.39, 0.29) is 0 Å². The third-order valence-corrected chi connectivity index (χ3v) is 10.2. The molecule has 5 heteroatoms. The number of aromatic nitrogens is 4. The molecule has 0 saturated carbocycles. The van der Waals surface area contributed by atoms with Crippen molar-refractivity contribution in [1.82, 2.24) is 19.5 Å². The van der Waals surface area contributed by atoms with Gasteiger partial charge in [0.1, 0.15) is 11.5 Å². The Labute approximate surface area is 299 Å². The predicted octanol–water partition coefficient (Wildman–Crippen LogP) is 12.0. The normalized spacial score (nSPS) is 12.0. The lowest BCUT2D eigenvalue weighted by atomic mass is 9.92. The van der Waals surface area contributed by atoms with Gasteiger partial charge in [-0.15, -0.1) is 0 Å². The third-order valence-electron chi connectivity index (χ3n) is 10.2. The highest BCUT2D eigenvalue weighted by Crippen LogP contribution is 2.49. The van der Waals surface area contributed by atoms with Crippen molar-refractivity contribution in [3.05, 3.63) is 170 Å². The number of hydrogen-bond acceptors (Lipinski definition) is 4. The fourth-order valence-electron chi connectivity index (χ4n) is 7.88. The Kier molecular flexibility index (Phi) is 6.18. The van der Waals surface area contributed by atoms with Crippen LogP contribution in [0, 0.1) is 0 Å². The lowest BCUT2D eigenvalue weighted by Gasteiger charge is -2.23. The molecule has 0 unspecified atom stereocenters. The lowest BCUT2D eigenvalue weighted by molar-refractivity contribution is 0.487. The predicted molar refractivity (Wildman–Crippen MR) is 211 cm³/mol. The molecule has 8 aromatic carbocycles. The van der Waals surface area contributed by atoms with E-state index >= 15 is 0 Å². The first-order valence-corrected chi connectivity index (χ1v) is 17.5. The minimum atomic E-state index is 0.619. The van der Waals surface area contributed by atoms with E-state index in [4.69, 9.17) is 19.7 Å². The Balaban J connectivity index is 1.13. The van der Waals surface area contributed by atoms with Gasteiger partial charge in [0.15, 0.2) is 17.5 Å². The zero-order valence-electron chi connectivity index (χ0n) is 27.9. The van der Waals surface area contributed by atoms with Crippen LogP contribution in [0.2, 0.25) is 0 Å². The Morgan fingerprint density at radius 2 is 1.06 bits per heavy atom. The number of hydrogen-bond donors (Lipinski definition) is 0. The van der Waals surface area contributed by atoms with Crippen LogP contribution in [-0.2, 0) is 0 Å². The van der Waals surface area contributed by atoms with Gasteiger partial charge in [-0.3, -0.25) is 0 Å². The van der Waals surface area contributed by atoms with Crippen LogP contribution in [0.15, 0.2) is 170 Å². The fraction of sp³-hybridized carbons (Fsp3) is 0. The van der Waals surface area contributed by atoms with Gasteiger partial charge in [-0.1, -0.05) is 133 Å². The van der Waals surface area contributed by atoms with Crippen molar-refractivity contribution >= 4 is 43.4 Å². The van der Waals surface area contributed by atoms with Crippen LogP contribution in [0.3, 0.4) is 0 Å². The molecule has 1 aliphatic rings. The summed E-state index contributed by atoms with van der Waals surface area (Å²) in [5.41, 5.74) is 8.42. The standard InChI is InChI=1S/C47H28N4O/c1-3-13-30(14-4-1)45-48-46(31-15-5-2-6-16-31)50-47(49-45)38-25-27-42-43-35(38)19-11-20-36(43)39-28-32(23-26-41(39)52-42)51-40-21-10-9-18-34(40)37-24-22-29-12-7-8-17-33(29)44(37)51/h1-28H. The molecule has 0 amide bonds. The first-order chi connectivity index (χ1) is 25.8. The molecule has 0 N–H and O–H groups in total. The minimum absolute atomic E-state index is 0.619. The summed E-state index contributed by atoms with van der Waals surface area (Å²) < 4.78 is 9.08. The van der Waals surface area contributed by atoms with Crippen molar-refractivity contribution in [3.8, 4) is 62.5 Å². The second-order valence-electron chi connectivity index (χ2n) is 13.2. The molecule has 0 fully saturated rings. The number of benzene rings is 8. The number of ether oxygens (including phenoxy) is 1. The highest BCUT2D eigenvalue weighted by atomic mass is 16.5. The second kappa shape index (κ2) is 11.2. The van der Waals surface area contributed by atoms with Gasteiger partial charge in [0.25, 0.3) is 0 Å². The van der Waals surface area contributed by atoms with Crippen LogP contribution in [0.25, 0.3) is 94.3 Å². The SMILES string of the molecule is c1ccc(-c2nc(-c3ccccc3)nc(-c3ccc4c5c(cccc35)-c3cc(-n5c6ccccc6c6ccc7ccccc7c65)ccc3O4)n2)cc1. The molecule has 0 atom stereocenters. The van der Waals surface area contributed by atoms with Crippen LogP contribution < -0.4 is 4.74 Å². The number of nitrogens with zero attached hydrogens (tertiary/aromatic N) is 4. The summed E-state index contributed by atoms with van der Waals surface area (Å²) in [5, 5.41) is 6.98. The number of fused-ring (bicyclic) bond motifs is 7. The van der Waals surface area contributed by atoms with Crippen LogP contribution in [0.4, 0.5) is 0 Å². The molecule has 242 valence electrons. The van der Waals surface area contributed by atoms with Gasteiger partial charge >= 0.3 is 0 Å². The molecule has 3 heterocycles. The average Bonchev–Trinajstić information content (AvgIpc) is 3.56. The summed E-state index contributed by atoms with van der Waals surface area (Å²) in [6.45, 7) is 0. The molecule has 0 aliphatic carbocycles. The van der Waals surface area contributed by atoms with Crippen LogP contribution in [0.1, 0.15) is 0 Å². The molecule has 2 aromatic heterocycles. The van der Waals surface area contributed by atoms with E-state index < -0.39 is 0 Å². The van der Waals surface area contributed by atoms with Gasteiger partial charge < -0.3 is 9.30 Å². The Bertz CT molecular complexity index is 2980. The molecular weight excluding hydrogens is 637 g/mol. The summed E-state index contributed by atoms with van der Waals surface area (Å²) >= 11 is 0. The van der Waals surface area contributed by atoms with Crippen molar-refractivity contribution in [2.45, 2.75) is 0 Å². The Morgan fingerprint density at radius 1 is 0.404 bits per heavy atom. The van der Waals surface area contributed by atoms with Crippen LogP contribution >= 0.6 is 0 Å². The summed E-state index contributed by atoms with van der Waals surface area (Å²) in [5.74, 6) is 3.54. The Morgan fingerprint density at radius 3 is 1.85 bits per heavy atom. The zero-order chi connectivity index (χ0) is 34.2. The number of rotatable bonds is 4. The number of para-hydroxylation sites is 1. The molecule has 0 saturated heterocycles. The molecule has 0 spiro atoms. The Hall–Kier alpha value is -7.11. The molecule has 11 rings (SSSR count). The first kappa shape index (κ1) is 28.7. The van der Waals surface area contributed by atoms with Gasteiger partial charge in [0, 0.05) is 49.5 Å². The fourth-order valence-corrected chi connectivity index (χ4v) is 7.88. The van der Waals surface area contributed by atoms with E-state index in [1.54, 1.807) is 0 Å². The molecule has 1 aliphatic heterocycles. The van der Waals surface area contributed by atoms with E-state index in [0.717, 1.165) is 55.8 Å². The van der Waals surface area contributed by atoms with Gasteiger partial charge in [0.2, 0.25) is 0 Å². The van der Waals surface area contributed by atoms with Crippen molar-refractivity contribution in [3.63, 3.8) is 0 Å². The molecule has 0 radical (unpaired) electrons. The van der Waals surface area contributed by atoms with Crippen molar-refractivity contribution in [2.75, 3.05) is 0 Å². The minimum Gasteiger partial charge on any atom is -0.456 e. The quantitative estimate of drug-likeness (QED) is 0.188. The van der Waals surface area contributed by atoms with Gasteiger partial charge in [0.05, 0.1) is 11.0 Å². The van der Waals surface area contributed by atoms with E-state index in [1.165, 1.54) is 32.6 Å². The van der Waals surface area contributed by atoms with Crippen LogP contribution in [-0.4, -0.2) is 19.5 Å². The van der Waals surface area contributed by atoms with Gasteiger partial charge in [-0.05, 0) is 52.7 Å². The molecule has 5 nitrogen and oxygen atoms in total. The maximum absolute atomic E-state index is 6.68. The van der Waals surface area contributed by atoms with E-state index in [9.17, 15) is 0 Å². The lowest BCUT2D eigenvalue weighted by Crippen LogP contribution is -2.03. The summed E-state index contributed by atoms with van der Waals surface area (Å²) in [6, 6.07) is 59.1. The zero-order valence-corrected chi connectivity index (χ0v) is 27.9. The van der Waals surface area contributed by atoms with E-state index in [0.29, 0.717) is 17.5 Å². The maximum Gasteiger partial charge on any atom is 0.164 e. The molecule has 10 aromatic rings. The third kappa shape index (κ3) is 4.33. The smallest absolute Gasteiger partial charge is 0.164 e. The summed E-state index contributed by atoms with van der Waals surface area (Å²) in [7, 11) is 0. The van der Waals surface area contributed by atoms with Gasteiger partial charge in [-0.25, -0.2) is 15.0 Å². The largest absolute Gasteiger partial charge is 0.456 e. The summed E-state index contributed by atoms with van der Waals surface area (Å²) in [6.07, 6.45) is 0. The summed E-state index contributed by atoms with van der Waals surface area (Å²) in [4.78, 5) is 15.0. The van der Waals surface area contributed by atoms with Crippen LogP contribution in [0.5, 0.6) is 11.5 Å². The topological polar surface area (TPSA) is 52.8 Å². The highest BCUT2D eigenvalue weighted by molar-refractivity contribution is 6.18. The first-order valence-electron chi connectivity index (χ1n) is 17.5. The molecular formula is C47H28N4O. The molecule has 52 heavy (non-hydrogen) atoms. The van der Waals surface area contributed by atoms with Crippen molar-refractivity contribution in [1.29, 1.82) is 0 Å². The second-order valence-corrected chi connectivity index (χ2v) is 13.2. The monoisotopic (exact) mass is 664 g/mol. The van der Waals surface area contributed by atoms with Crippen molar-refractivity contribution < 1.29 is 4.74 Å². The van der Waals surface area contributed by atoms with Crippen molar-refractivity contribution in [2.24, 2.45) is 0 Å².